The molecule has 0 aliphatic heterocycles. The van der Waals surface area contributed by atoms with Crippen molar-refractivity contribution in [2.24, 2.45) is 0 Å². The molecular formula is C22H19ClN2O2S. The van der Waals surface area contributed by atoms with Gasteiger partial charge in [-0.15, -0.1) is 11.3 Å². The number of benzene rings is 2. The molecule has 1 aliphatic rings. The van der Waals surface area contributed by atoms with Crippen LogP contribution in [0.15, 0.2) is 48.5 Å². The maximum absolute atomic E-state index is 12.7. The Labute approximate surface area is 172 Å². The van der Waals surface area contributed by atoms with Crippen molar-refractivity contribution < 1.29 is 9.59 Å². The highest BCUT2D eigenvalue weighted by Gasteiger charge is 2.18. The van der Waals surface area contributed by atoms with Crippen molar-refractivity contribution in [3.8, 4) is 0 Å². The Morgan fingerprint density at radius 1 is 0.964 bits per heavy atom. The van der Waals surface area contributed by atoms with Gasteiger partial charge in [0.25, 0.3) is 11.8 Å². The molecule has 2 amide bonds. The molecule has 1 aromatic heterocycles. The monoisotopic (exact) mass is 410 g/mol. The second kappa shape index (κ2) is 7.78. The molecule has 0 unspecified atom stereocenters. The summed E-state index contributed by atoms with van der Waals surface area (Å²) >= 11 is 7.34. The summed E-state index contributed by atoms with van der Waals surface area (Å²) in [5.74, 6) is -0.462. The molecule has 1 aliphatic carbocycles. The van der Waals surface area contributed by atoms with Crippen molar-refractivity contribution in [2.45, 2.75) is 26.2 Å². The van der Waals surface area contributed by atoms with E-state index in [-0.39, 0.29) is 11.8 Å². The van der Waals surface area contributed by atoms with Gasteiger partial charge in [0.05, 0.1) is 20.5 Å². The first-order valence-electron chi connectivity index (χ1n) is 9.11. The highest BCUT2D eigenvalue weighted by molar-refractivity contribution is 7.18. The van der Waals surface area contributed by atoms with E-state index < -0.39 is 0 Å². The minimum atomic E-state index is -0.294. The van der Waals surface area contributed by atoms with Crippen molar-refractivity contribution in [1.29, 1.82) is 0 Å². The maximum Gasteiger partial charge on any atom is 0.266 e. The third-order valence-corrected chi connectivity index (χ3v) is 6.32. The lowest BCUT2D eigenvalue weighted by atomic mass is 10.1. The second-order valence-corrected chi connectivity index (χ2v) is 8.31. The van der Waals surface area contributed by atoms with Crippen LogP contribution in [0.25, 0.3) is 0 Å². The fraction of sp³-hybridized carbons (Fsp3) is 0.182. The molecule has 2 N–H and O–H groups in total. The molecule has 0 bridgehead atoms. The first kappa shape index (κ1) is 18.7. The van der Waals surface area contributed by atoms with Crippen LogP contribution in [0.5, 0.6) is 0 Å². The standard InChI is InChI=1S/C22H19ClN2O2S/c1-13-11-19(25-21(26)17-7-2-3-8-18(17)23)28-20(13)22(27)24-16-10-9-14-5-4-6-15(14)12-16/h2-3,7-12H,4-6H2,1H3,(H,24,27)(H,25,26). The van der Waals surface area contributed by atoms with E-state index in [0.29, 0.717) is 20.5 Å². The predicted octanol–water partition coefficient (Wildman–Crippen LogP) is 5.70. The van der Waals surface area contributed by atoms with Crippen molar-refractivity contribution in [3.05, 3.63) is 80.7 Å². The molecular weight excluding hydrogens is 392 g/mol. The summed E-state index contributed by atoms with van der Waals surface area (Å²) in [5.41, 5.74) is 4.71. The smallest absolute Gasteiger partial charge is 0.266 e. The van der Waals surface area contributed by atoms with Gasteiger partial charge in [0.1, 0.15) is 0 Å². The summed E-state index contributed by atoms with van der Waals surface area (Å²) < 4.78 is 0. The topological polar surface area (TPSA) is 58.2 Å². The summed E-state index contributed by atoms with van der Waals surface area (Å²) in [5, 5.41) is 6.81. The Morgan fingerprint density at radius 2 is 1.75 bits per heavy atom. The minimum absolute atomic E-state index is 0.168. The average molecular weight is 411 g/mol. The molecule has 6 heteroatoms. The quantitative estimate of drug-likeness (QED) is 0.579. The number of carbonyl (C=O) groups excluding carboxylic acids is 2. The van der Waals surface area contributed by atoms with E-state index in [0.717, 1.165) is 24.1 Å². The lowest BCUT2D eigenvalue weighted by molar-refractivity contribution is 0.102. The molecule has 0 atom stereocenters. The van der Waals surface area contributed by atoms with Crippen molar-refractivity contribution in [1.82, 2.24) is 0 Å². The number of halogens is 1. The van der Waals surface area contributed by atoms with Gasteiger partial charge in [-0.2, -0.15) is 0 Å². The molecule has 4 nitrogen and oxygen atoms in total. The van der Waals surface area contributed by atoms with Gasteiger partial charge in [0.2, 0.25) is 0 Å². The fourth-order valence-electron chi connectivity index (χ4n) is 3.43. The molecule has 3 aromatic rings. The van der Waals surface area contributed by atoms with Crippen LogP contribution in [-0.2, 0) is 12.8 Å². The van der Waals surface area contributed by atoms with E-state index in [1.54, 1.807) is 30.3 Å². The number of hydrogen-bond acceptors (Lipinski definition) is 3. The number of fused-ring (bicyclic) bond motifs is 1. The summed E-state index contributed by atoms with van der Waals surface area (Å²) in [4.78, 5) is 25.7. The molecule has 1 heterocycles. The van der Waals surface area contributed by atoms with Crippen LogP contribution in [0.2, 0.25) is 5.02 Å². The highest BCUT2D eigenvalue weighted by Crippen LogP contribution is 2.30. The number of aryl methyl sites for hydroxylation is 3. The minimum Gasteiger partial charge on any atom is -0.321 e. The van der Waals surface area contributed by atoms with Gasteiger partial charge >= 0.3 is 0 Å². The Morgan fingerprint density at radius 3 is 2.57 bits per heavy atom. The average Bonchev–Trinajstić information content (AvgIpc) is 3.27. The molecule has 142 valence electrons. The Hall–Kier alpha value is -2.63. The fourth-order valence-corrected chi connectivity index (χ4v) is 4.62. The lowest BCUT2D eigenvalue weighted by Gasteiger charge is -2.07. The lowest BCUT2D eigenvalue weighted by Crippen LogP contribution is -2.12. The van der Waals surface area contributed by atoms with E-state index in [4.69, 9.17) is 11.6 Å². The van der Waals surface area contributed by atoms with E-state index in [1.807, 2.05) is 13.0 Å². The Balaban J connectivity index is 1.48. The van der Waals surface area contributed by atoms with Gasteiger partial charge in [-0.3, -0.25) is 9.59 Å². The van der Waals surface area contributed by atoms with E-state index >= 15 is 0 Å². The zero-order valence-electron chi connectivity index (χ0n) is 15.3. The number of anilines is 2. The van der Waals surface area contributed by atoms with Crippen LogP contribution in [0, 0.1) is 6.92 Å². The van der Waals surface area contributed by atoms with Crippen LogP contribution in [0.4, 0.5) is 10.7 Å². The van der Waals surface area contributed by atoms with Gasteiger partial charge in [-0.25, -0.2) is 0 Å². The molecule has 0 saturated heterocycles. The van der Waals surface area contributed by atoms with Gasteiger partial charge < -0.3 is 10.6 Å². The number of thiophene rings is 1. The summed E-state index contributed by atoms with van der Waals surface area (Å²) in [6.45, 7) is 1.86. The Kier molecular flexibility index (Phi) is 5.20. The number of carbonyl (C=O) groups is 2. The number of rotatable bonds is 4. The van der Waals surface area contributed by atoms with Crippen molar-refractivity contribution >= 4 is 45.4 Å². The van der Waals surface area contributed by atoms with Crippen molar-refractivity contribution in [3.63, 3.8) is 0 Å². The zero-order valence-corrected chi connectivity index (χ0v) is 16.9. The molecule has 0 fully saturated rings. The second-order valence-electron chi connectivity index (χ2n) is 6.85. The van der Waals surface area contributed by atoms with Crippen molar-refractivity contribution in [2.75, 3.05) is 10.6 Å². The molecule has 0 saturated carbocycles. The molecule has 28 heavy (non-hydrogen) atoms. The Bertz CT molecular complexity index is 1070. The maximum atomic E-state index is 12.7. The third kappa shape index (κ3) is 3.81. The van der Waals surface area contributed by atoms with E-state index in [9.17, 15) is 9.59 Å². The molecule has 2 aromatic carbocycles. The first-order valence-corrected chi connectivity index (χ1v) is 10.3. The van der Waals surface area contributed by atoms with Gasteiger partial charge in [0.15, 0.2) is 0 Å². The van der Waals surface area contributed by atoms with Crippen LogP contribution in [-0.4, -0.2) is 11.8 Å². The van der Waals surface area contributed by atoms with Crippen LogP contribution in [0.1, 0.15) is 43.1 Å². The first-order chi connectivity index (χ1) is 13.5. The van der Waals surface area contributed by atoms with E-state index in [2.05, 4.69) is 22.8 Å². The molecule has 4 rings (SSSR count). The van der Waals surface area contributed by atoms with Gasteiger partial charge in [-0.05, 0) is 73.2 Å². The van der Waals surface area contributed by atoms with Gasteiger partial charge in [-0.1, -0.05) is 29.8 Å². The number of hydrogen-bond donors (Lipinski definition) is 2. The number of nitrogens with one attached hydrogen (secondary N) is 2. The normalized spacial score (nSPS) is 12.5. The molecule has 0 radical (unpaired) electrons. The summed E-state index contributed by atoms with van der Waals surface area (Å²) in [7, 11) is 0. The third-order valence-electron chi connectivity index (χ3n) is 4.84. The molecule has 0 spiro atoms. The van der Waals surface area contributed by atoms with Crippen LogP contribution in [0.3, 0.4) is 0 Å². The van der Waals surface area contributed by atoms with Crippen LogP contribution < -0.4 is 10.6 Å². The zero-order chi connectivity index (χ0) is 19.7. The number of amides is 2. The van der Waals surface area contributed by atoms with E-state index in [1.165, 1.54) is 28.9 Å². The summed E-state index contributed by atoms with van der Waals surface area (Å²) in [6, 6.07) is 14.8. The van der Waals surface area contributed by atoms with Crippen LogP contribution >= 0.6 is 22.9 Å². The predicted molar refractivity (Wildman–Crippen MR) is 115 cm³/mol. The highest BCUT2D eigenvalue weighted by atomic mass is 35.5. The van der Waals surface area contributed by atoms with Gasteiger partial charge in [0, 0.05) is 5.69 Å². The largest absolute Gasteiger partial charge is 0.321 e. The SMILES string of the molecule is Cc1cc(NC(=O)c2ccccc2Cl)sc1C(=O)Nc1ccc2c(c1)CCC2. The summed E-state index contributed by atoms with van der Waals surface area (Å²) in [6.07, 6.45) is 3.35.